The quantitative estimate of drug-likeness (QED) is 0.759. The highest BCUT2D eigenvalue weighted by Gasteiger charge is 2.14. The summed E-state index contributed by atoms with van der Waals surface area (Å²) < 4.78 is 0. The van der Waals surface area contributed by atoms with Gasteiger partial charge in [-0.15, -0.1) is 0 Å². The Kier molecular flexibility index (Phi) is 7.02. The van der Waals surface area contributed by atoms with Crippen LogP contribution in [-0.4, -0.2) is 28.4 Å². The van der Waals surface area contributed by atoms with E-state index in [-0.39, 0.29) is 5.91 Å². The summed E-state index contributed by atoms with van der Waals surface area (Å²) in [5.74, 6) is 1.90. The molecule has 1 atom stereocenters. The normalized spacial score (nSPS) is 13.0. The van der Waals surface area contributed by atoms with Gasteiger partial charge in [-0.25, -0.2) is 0 Å². The summed E-state index contributed by atoms with van der Waals surface area (Å²) in [5, 5.41) is 2.79. The lowest BCUT2D eigenvalue weighted by molar-refractivity contribution is -0.117. The second kappa shape index (κ2) is 8.27. The topological polar surface area (TPSA) is 68.0 Å². The van der Waals surface area contributed by atoms with E-state index in [0.29, 0.717) is 11.8 Å². The number of hydrogen-bond acceptors (Lipinski definition) is 4. The van der Waals surface area contributed by atoms with E-state index in [1.54, 1.807) is 24.5 Å². The van der Waals surface area contributed by atoms with E-state index in [1.807, 2.05) is 11.8 Å². The maximum Gasteiger partial charge on any atom is 0.241 e. The molecule has 1 aromatic rings. The number of rotatable bonds is 7. The molecule has 3 N–H and O–H groups in total. The van der Waals surface area contributed by atoms with Crippen LogP contribution in [0.3, 0.4) is 0 Å². The molecule has 112 valence electrons. The SMILES string of the molecule is CC(C)(C)CCSCCC(N)C(=O)Nc1ccncc1. The van der Waals surface area contributed by atoms with E-state index in [0.717, 1.165) is 17.2 Å². The predicted octanol–water partition coefficient (Wildman–Crippen LogP) is 2.91. The first-order valence-electron chi connectivity index (χ1n) is 6.93. The fraction of sp³-hybridized carbons (Fsp3) is 0.600. The molecule has 1 rings (SSSR count). The number of nitrogens with two attached hydrogens (primary N) is 1. The highest BCUT2D eigenvalue weighted by atomic mass is 32.2. The van der Waals surface area contributed by atoms with E-state index in [4.69, 9.17) is 5.73 Å². The average molecular weight is 295 g/mol. The van der Waals surface area contributed by atoms with Gasteiger partial charge < -0.3 is 11.1 Å². The summed E-state index contributed by atoms with van der Waals surface area (Å²) in [6.07, 6.45) is 5.16. The van der Waals surface area contributed by atoms with E-state index >= 15 is 0 Å². The minimum absolute atomic E-state index is 0.132. The molecule has 0 saturated carbocycles. The Morgan fingerprint density at radius 1 is 1.35 bits per heavy atom. The Labute approximate surface area is 125 Å². The molecule has 0 bridgehead atoms. The van der Waals surface area contributed by atoms with Gasteiger partial charge in [-0.2, -0.15) is 11.8 Å². The van der Waals surface area contributed by atoms with Gasteiger partial charge in [0.2, 0.25) is 5.91 Å². The van der Waals surface area contributed by atoms with Gasteiger partial charge in [0.15, 0.2) is 0 Å². The zero-order valence-electron chi connectivity index (χ0n) is 12.6. The van der Waals surface area contributed by atoms with Gasteiger partial charge in [-0.3, -0.25) is 9.78 Å². The third-order valence-corrected chi connectivity index (χ3v) is 3.87. The lowest BCUT2D eigenvalue weighted by Crippen LogP contribution is -2.36. The molecule has 0 aliphatic rings. The molecule has 1 unspecified atom stereocenters. The molecule has 0 aliphatic heterocycles. The van der Waals surface area contributed by atoms with Crippen LogP contribution in [0.25, 0.3) is 0 Å². The molecule has 0 saturated heterocycles. The summed E-state index contributed by atoms with van der Waals surface area (Å²) >= 11 is 1.86. The molecule has 0 radical (unpaired) electrons. The summed E-state index contributed by atoms with van der Waals surface area (Å²) in [5.41, 5.74) is 7.00. The molecule has 0 aromatic carbocycles. The monoisotopic (exact) mass is 295 g/mol. The molecule has 1 amide bonds. The van der Waals surface area contributed by atoms with Crippen molar-refractivity contribution in [2.75, 3.05) is 16.8 Å². The molecule has 0 aliphatic carbocycles. The van der Waals surface area contributed by atoms with Crippen LogP contribution in [0.5, 0.6) is 0 Å². The number of carbonyl (C=O) groups excluding carboxylic acids is 1. The van der Waals surface area contributed by atoms with Crippen molar-refractivity contribution in [3.8, 4) is 0 Å². The second-order valence-corrected chi connectivity index (χ2v) is 7.27. The summed E-state index contributed by atoms with van der Waals surface area (Å²) in [6.45, 7) is 6.71. The van der Waals surface area contributed by atoms with Gasteiger partial charge in [-0.05, 0) is 41.9 Å². The van der Waals surface area contributed by atoms with Crippen LogP contribution >= 0.6 is 11.8 Å². The molecule has 0 fully saturated rings. The third kappa shape index (κ3) is 7.50. The minimum atomic E-state index is -0.453. The van der Waals surface area contributed by atoms with Crippen LogP contribution in [0.1, 0.15) is 33.6 Å². The molecular formula is C15H25N3OS. The van der Waals surface area contributed by atoms with Crippen LogP contribution in [0, 0.1) is 5.41 Å². The largest absolute Gasteiger partial charge is 0.325 e. The number of pyridine rings is 1. The van der Waals surface area contributed by atoms with Gasteiger partial charge in [0.1, 0.15) is 0 Å². The molecule has 4 nitrogen and oxygen atoms in total. The standard InChI is InChI=1S/C15H25N3OS/c1-15(2,3)7-11-20-10-6-13(16)14(19)18-12-4-8-17-9-5-12/h4-5,8-9,13H,6-7,10-11,16H2,1-3H3,(H,17,18,19). The van der Waals surface area contributed by atoms with Gasteiger partial charge >= 0.3 is 0 Å². The number of nitrogens with one attached hydrogen (secondary N) is 1. The first-order chi connectivity index (χ1) is 9.38. The van der Waals surface area contributed by atoms with Crippen molar-refractivity contribution in [1.82, 2.24) is 4.98 Å². The summed E-state index contributed by atoms with van der Waals surface area (Å²) in [4.78, 5) is 15.8. The van der Waals surface area contributed by atoms with Crippen molar-refractivity contribution in [3.05, 3.63) is 24.5 Å². The average Bonchev–Trinajstić information content (AvgIpc) is 2.38. The van der Waals surface area contributed by atoms with E-state index in [9.17, 15) is 4.79 Å². The second-order valence-electron chi connectivity index (χ2n) is 6.04. The molecule has 20 heavy (non-hydrogen) atoms. The molecule has 0 spiro atoms. The van der Waals surface area contributed by atoms with Crippen LogP contribution < -0.4 is 11.1 Å². The molecule has 5 heteroatoms. The van der Waals surface area contributed by atoms with Crippen molar-refractivity contribution in [2.24, 2.45) is 11.1 Å². The maximum atomic E-state index is 11.9. The number of anilines is 1. The Morgan fingerprint density at radius 3 is 2.60 bits per heavy atom. The number of thioether (sulfide) groups is 1. The Balaban J connectivity index is 2.19. The molecule has 1 aromatic heterocycles. The van der Waals surface area contributed by atoms with E-state index < -0.39 is 6.04 Å². The third-order valence-electron chi connectivity index (χ3n) is 2.85. The molecular weight excluding hydrogens is 270 g/mol. The number of carbonyl (C=O) groups is 1. The van der Waals surface area contributed by atoms with Crippen molar-refractivity contribution in [2.45, 2.75) is 39.7 Å². The predicted molar refractivity (Wildman–Crippen MR) is 86.9 cm³/mol. The van der Waals surface area contributed by atoms with Gasteiger partial charge in [-0.1, -0.05) is 20.8 Å². The van der Waals surface area contributed by atoms with Crippen LogP contribution in [0.4, 0.5) is 5.69 Å². The van der Waals surface area contributed by atoms with Crippen molar-refractivity contribution >= 4 is 23.4 Å². The van der Waals surface area contributed by atoms with Crippen molar-refractivity contribution in [3.63, 3.8) is 0 Å². The highest BCUT2D eigenvalue weighted by molar-refractivity contribution is 7.99. The summed E-state index contributed by atoms with van der Waals surface area (Å²) in [6, 6.07) is 3.05. The van der Waals surface area contributed by atoms with Crippen molar-refractivity contribution in [1.29, 1.82) is 0 Å². The number of nitrogens with zero attached hydrogens (tertiary/aromatic N) is 1. The Morgan fingerprint density at radius 2 is 2.00 bits per heavy atom. The molecule has 1 heterocycles. The smallest absolute Gasteiger partial charge is 0.241 e. The lowest BCUT2D eigenvalue weighted by atomic mass is 9.94. The Hall–Kier alpha value is -1.07. The first kappa shape index (κ1) is 17.0. The fourth-order valence-electron chi connectivity index (χ4n) is 1.49. The number of amides is 1. The first-order valence-corrected chi connectivity index (χ1v) is 8.08. The number of aromatic nitrogens is 1. The van der Waals surface area contributed by atoms with Crippen LogP contribution in [0.15, 0.2) is 24.5 Å². The lowest BCUT2D eigenvalue weighted by Gasteiger charge is -2.17. The zero-order valence-corrected chi connectivity index (χ0v) is 13.4. The van der Waals surface area contributed by atoms with Gasteiger partial charge in [0.25, 0.3) is 0 Å². The van der Waals surface area contributed by atoms with Gasteiger partial charge in [0, 0.05) is 18.1 Å². The summed E-state index contributed by atoms with van der Waals surface area (Å²) in [7, 11) is 0. The minimum Gasteiger partial charge on any atom is -0.325 e. The Bertz CT molecular complexity index is 403. The van der Waals surface area contributed by atoms with Gasteiger partial charge in [0.05, 0.1) is 6.04 Å². The maximum absolute atomic E-state index is 11.9. The number of hydrogen-bond donors (Lipinski definition) is 2. The highest BCUT2D eigenvalue weighted by Crippen LogP contribution is 2.21. The van der Waals surface area contributed by atoms with E-state index in [2.05, 4.69) is 31.1 Å². The fourth-order valence-corrected chi connectivity index (χ4v) is 2.87. The zero-order chi connectivity index (χ0) is 15.0. The van der Waals surface area contributed by atoms with Crippen LogP contribution in [0.2, 0.25) is 0 Å². The van der Waals surface area contributed by atoms with Crippen molar-refractivity contribution < 1.29 is 4.79 Å². The van der Waals surface area contributed by atoms with E-state index in [1.165, 1.54) is 6.42 Å². The van der Waals surface area contributed by atoms with Crippen LogP contribution in [-0.2, 0) is 4.79 Å².